The molecule has 1 amide bonds. The van der Waals surface area contributed by atoms with Gasteiger partial charge in [-0.05, 0) is 36.4 Å². The summed E-state index contributed by atoms with van der Waals surface area (Å²) >= 11 is 0. The molecule has 0 aliphatic carbocycles. The Morgan fingerprint density at radius 2 is 1.91 bits per heavy atom. The average molecular weight is 312 g/mol. The summed E-state index contributed by atoms with van der Waals surface area (Å²) in [6.45, 7) is -0.191. The summed E-state index contributed by atoms with van der Waals surface area (Å²) in [6.07, 6.45) is 3.34. The number of aromatic nitrogens is 3. The molecule has 1 aromatic carbocycles. The third kappa shape index (κ3) is 3.91. The first-order chi connectivity index (χ1) is 11.2. The lowest BCUT2D eigenvalue weighted by atomic mass is 10.2. The van der Waals surface area contributed by atoms with Gasteiger partial charge in [0.25, 0.3) is 5.91 Å². The molecule has 7 heteroatoms. The van der Waals surface area contributed by atoms with Crippen molar-refractivity contribution < 1.29 is 13.9 Å². The molecule has 0 saturated carbocycles. The number of hydrogen-bond acceptors (Lipinski definition) is 4. The van der Waals surface area contributed by atoms with Gasteiger partial charge in [-0.1, -0.05) is 0 Å². The number of aromatic amines is 1. The number of carbonyl (C=O) groups excluding carboxylic acids is 1. The first-order valence-corrected chi connectivity index (χ1v) is 6.85. The molecule has 116 valence electrons. The highest BCUT2D eigenvalue weighted by atomic mass is 19.1. The fraction of sp³-hybridized carbons (Fsp3) is 0.0625. The number of carbonyl (C=O) groups is 1. The van der Waals surface area contributed by atoms with Gasteiger partial charge in [0.2, 0.25) is 0 Å². The van der Waals surface area contributed by atoms with Gasteiger partial charge in [-0.3, -0.25) is 14.9 Å². The third-order valence-corrected chi connectivity index (χ3v) is 3.02. The summed E-state index contributed by atoms with van der Waals surface area (Å²) in [6, 6.07) is 10.8. The van der Waals surface area contributed by atoms with E-state index in [9.17, 15) is 9.18 Å². The molecule has 0 unspecified atom stereocenters. The lowest BCUT2D eigenvalue weighted by Gasteiger charge is -2.05. The maximum Gasteiger partial charge on any atom is 0.263 e. The molecule has 0 radical (unpaired) electrons. The monoisotopic (exact) mass is 312 g/mol. The van der Waals surface area contributed by atoms with Crippen molar-refractivity contribution in [2.45, 2.75) is 0 Å². The van der Waals surface area contributed by atoms with Gasteiger partial charge >= 0.3 is 0 Å². The van der Waals surface area contributed by atoms with E-state index in [2.05, 4.69) is 20.5 Å². The van der Waals surface area contributed by atoms with Gasteiger partial charge in [-0.15, -0.1) is 0 Å². The molecule has 2 aromatic heterocycles. The van der Waals surface area contributed by atoms with E-state index in [1.54, 1.807) is 18.5 Å². The third-order valence-electron chi connectivity index (χ3n) is 3.02. The molecule has 3 rings (SSSR count). The molecule has 0 aliphatic rings. The zero-order valence-electron chi connectivity index (χ0n) is 12.0. The van der Waals surface area contributed by atoms with Crippen LogP contribution in [0.15, 0.2) is 54.9 Å². The van der Waals surface area contributed by atoms with Crippen LogP contribution < -0.4 is 10.1 Å². The minimum atomic E-state index is -0.359. The Hall–Kier alpha value is -3.22. The number of rotatable bonds is 5. The van der Waals surface area contributed by atoms with E-state index in [0.29, 0.717) is 11.6 Å². The summed E-state index contributed by atoms with van der Waals surface area (Å²) in [5.74, 6) is 0.0923. The van der Waals surface area contributed by atoms with Crippen molar-refractivity contribution in [2.24, 2.45) is 0 Å². The van der Waals surface area contributed by atoms with Crippen LogP contribution in [0.3, 0.4) is 0 Å². The average Bonchev–Trinajstić information content (AvgIpc) is 3.04. The van der Waals surface area contributed by atoms with E-state index in [1.807, 2.05) is 12.1 Å². The van der Waals surface area contributed by atoms with E-state index in [4.69, 9.17) is 4.74 Å². The maximum atomic E-state index is 12.8. The summed E-state index contributed by atoms with van der Waals surface area (Å²) in [5.41, 5.74) is 1.68. The summed E-state index contributed by atoms with van der Waals surface area (Å²) in [4.78, 5) is 15.8. The van der Waals surface area contributed by atoms with Crippen LogP contribution in [0.5, 0.6) is 5.75 Å². The molecule has 0 bridgehead atoms. The first-order valence-electron chi connectivity index (χ1n) is 6.85. The molecule has 23 heavy (non-hydrogen) atoms. The summed E-state index contributed by atoms with van der Waals surface area (Å²) < 4.78 is 18.0. The van der Waals surface area contributed by atoms with Gasteiger partial charge in [0.15, 0.2) is 12.4 Å². The number of nitrogens with zero attached hydrogens (tertiary/aromatic N) is 2. The fourth-order valence-electron chi connectivity index (χ4n) is 1.92. The van der Waals surface area contributed by atoms with Crippen molar-refractivity contribution in [1.82, 2.24) is 15.2 Å². The summed E-state index contributed by atoms with van der Waals surface area (Å²) in [5, 5.41) is 9.47. The molecule has 6 nitrogen and oxygen atoms in total. The molecule has 3 aromatic rings. The lowest BCUT2D eigenvalue weighted by molar-refractivity contribution is -0.118. The molecule has 0 atom stereocenters. The Morgan fingerprint density at radius 3 is 2.65 bits per heavy atom. The van der Waals surface area contributed by atoms with Crippen molar-refractivity contribution in [3.63, 3.8) is 0 Å². The highest BCUT2D eigenvalue weighted by Crippen LogP contribution is 2.18. The second-order valence-electron chi connectivity index (χ2n) is 4.69. The zero-order chi connectivity index (χ0) is 16.1. The standard InChI is InChI=1S/C16H13FN4O2/c17-12-1-3-13(4-2-12)23-10-16(22)19-15-9-14(20-21-15)11-5-7-18-8-6-11/h1-9H,10H2,(H2,19,20,21,22). The largest absolute Gasteiger partial charge is 0.484 e. The Morgan fingerprint density at radius 1 is 1.17 bits per heavy atom. The quantitative estimate of drug-likeness (QED) is 0.759. The molecule has 0 aliphatic heterocycles. The van der Waals surface area contributed by atoms with Crippen molar-refractivity contribution in [1.29, 1.82) is 0 Å². The summed E-state index contributed by atoms with van der Waals surface area (Å²) in [7, 11) is 0. The fourth-order valence-corrected chi connectivity index (χ4v) is 1.92. The molecule has 0 spiro atoms. The number of nitrogens with one attached hydrogen (secondary N) is 2. The number of ether oxygens (including phenoxy) is 1. The van der Waals surface area contributed by atoms with Crippen LogP contribution in [0, 0.1) is 5.82 Å². The SMILES string of the molecule is O=C(COc1ccc(F)cc1)Nc1cc(-c2ccncc2)[nH]n1. The molecular weight excluding hydrogens is 299 g/mol. The van der Waals surface area contributed by atoms with Gasteiger partial charge in [0, 0.05) is 24.0 Å². The zero-order valence-corrected chi connectivity index (χ0v) is 12.0. The van der Waals surface area contributed by atoms with E-state index < -0.39 is 0 Å². The van der Waals surface area contributed by atoms with Crippen molar-refractivity contribution in [3.05, 3.63) is 60.7 Å². The van der Waals surface area contributed by atoms with Crippen molar-refractivity contribution in [2.75, 3.05) is 11.9 Å². The molecule has 2 N–H and O–H groups in total. The molecular formula is C16H13FN4O2. The predicted octanol–water partition coefficient (Wildman–Crippen LogP) is 2.63. The number of amides is 1. The predicted molar refractivity (Wildman–Crippen MR) is 82.3 cm³/mol. The highest BCUT2D eigenvalue weighted by molar-refractivity contribution is 5.91. The number of pyridine rings is 1. The Kier molecular flexibility index (Phi) is 4.28. The van der Waals surface area contributed by atoms with Crippen LogP contribution in [0.2, 0.25) is 0 Å². The van der Waals surface area contributed by atoms with E-state index in [-0.39, 0.29) is 18.3 Å². The lowest BCUT2D eigenvalue weighted by Crippen LogP contribution is -2.20. The van der Waals surface area contributed by atoms with Crippen LogP contribution in [-0.2, 0) is 4.79 Å². The smallest absolute Gasteiger partial charge is 0.263 e. The Bertz CT molecular complexity index is 787. The molecule has 0 saturated heterocycles. The van der Waals surface area contributed by atoms with Crippen molar-refractivity contribution >= 4 is 11.7 Å². The van der Waals surface area contributed by atoms with Crippen LogP contribution >= 0.6 is 0 Å². The van der Waals surface area contributed by atoms with E-state index in [1.165, 1.54) is 24.3 Å². The molecule has 0 fully saturated rings. The number of H-pyrrole nitrogens is 1. The maximum absolute atomic E-state index is 12.8. The van der Waals surface area contributed by atoms with Gasteiger partial charge in [-0.25, -0.2) is 4.39 Å². The Balaban J connectivity index is 1.56. The first kappa shape index (κ1) is 14.7. The van der Waals surface area contributed by atoms with Crippen LogP contribution in [0.1, 0.15) is 0 Å². The van der Waals surface area contributed by atoms with E-state index >= 15 is 0 Å². The van der Waals surface area contributed by atoms with Gasteiger partial charge < -0.3 is 10.1 Å². The van der Waals surface area contributed by atoms with Crippen LogP contribution in [0.4, 0.5) is 10.2 Å². The van der Waals surface area contributed by atoms with E-state index in [0.717, 1.165) is 11.3 Å². The topological polar surface area (TPSA) is 79.9 Å². The van der Waals surface area contributed by atoms with Gasteiger partial charge in [-0.2, -0.15) is 5.10 Å². The normalized spacial score (nSPS) is 10.3. The van der Waals surface area contributed by atoms with Crippen LogP contribution in [-0.4, -0.2) is 27.7 Å². The number of halogens is 1. The number of benzene rings is 1. The second-order valence-corrected chi connectivity index (χ2v) is 4.69. The minimum Gasteiger partial charge on any atom is -0.484 e. The minimum absolute atomic E-state index is 0.191. The van der Waals surface area contributed by atoms with Crippen molar-refractivity contribution in [3.8, 4) is 17.0 Å². The highest BCUT2D eigenvalue weighted by Gasteiger charge is 2.08. The van der Waals surface area contributed by atoms with Gasteiger partial charge in [0.1, 0.15) is 11.6 Å². The van der Waals surface area contributed by atoms with Gasteiger partial charge in [0.05, 0.1) is 5.69 Å². The molecule has 2 heterocycles. The van der Waals surface area contributed by atoms with Crippen LogP contribution in [0.25, 0.3) is 11.3 Å². The Labute approximate surface area is 131 Å². The second kappa shape index (κ2) is 6.69. The number of anilines is 1. The number of hydrogen-bond donors (Lipinski definition) is 2.